The molecule has 0 aromatic heterocycles. The number of carboxylic acid groups (broad SMARTS) is 1. The van der Waals surface area contributed by atoms with Crippen LogP contribution in [0.3, 0.4) is 0 Å². The van der Waals surface area contributed by atoms with Crippen LogP contribution >= 0.6 is 22.6 Å². The zero-order chi connectivity index (χ0) is 15.0. The van der Waals surface area contributed by atoms with Crippen LogP contribution in [0.2, 0.25) is 0 Å². The summed E-state index contributed by atoms with van der Waals surface area (Å²) in [6.07, 6.45) is 0. The topological polar surface area (TPSA) is 57.6 Å². The van der Waals surface area contributed by atoms with Gasteiger partial charge in [-0.2, -0.15) is 0 Å². The van der Waals surface area contributed by atoms with Crippen molar-refractivity contribution < 1.29 is 14.7 Å². The van der Waals surface area contributed by atoms with Crippen molar-refractivity contribution in [3.05, 3.63) is 68.3 Å². The third kappa shape index (κ3) is 2.78. The van der Waals surface area contributed by atoms with Crippen LogP contribution in [0.15, 0.2) is 42.5 Å². The molecule has 106 valence electrons. The number of amides is 1. The Bertz CT molecular complexity index is 742. The highest BCUT2D eigenvalue weighted by atomic mass is 127. The Hall–Kier alpha value is -1.89. The molecule has 0 saturated carbocycles. The van der Waals surface area contributed by atoms with Crippen LogP contribution in [0.4, 0.5) is 0 Å². The molecular formula is C16H12INO3. The number of hydrogen-bond donors (Lipinski definition) is 1. The lowest BCUT2D eigenvalue weighted by Gasteiger charge is -2.15. The standard InChI is InChI=1S/C16H12INO3/c17-14-3-1-2-10(7-14)15(19)18-8-12-5-4-11(16(20)21)6-13(12)9-18/h1-7H,8-9H2,(H,20,21). The third-order valence-electron chi connectivity index (χ3n) is 3.53. The number of fused-ring (bicyclic) bond motifs is 1. The van der Waals surface area contributed by atoms with Gasteiger partial charge in [-0.25, -0.2) is 4.79 Å². The molecule has 1 aliphatic heterocycles. The monoisotopic (exact) mass is 393 g/mol. The zero-order valence-electron chi connectivity index (χ0n) is 11.0. The molecule has 0 radical (unpaired) electrons. The van der Waals surface area contributed by atoms with E-state index >= 15 is 0 Å². The second-order valence-corrected chi connectivity index (χ2v) is 6.21. The van der Waals surface area contributed by atoms with E-state index in [4.69, 9.17) is 5.11 Å². The van der Waals surface area contributed by atoms with Gasteiger partial charge >= 0.3 is 5.97 Å². The van der Waals surface area contributed by atoms with Crippen LogP contribution in [0, 0.1) is 3.57 Å². The second kappa shape index (κ2) is 5.48. The Morgan fingerprint density at radius 2 is 1.76 bits per heavy atom. The minimum Gasteiger partial charge on any atom is -0.478 e. The van der Waals surface area contributed by atoms with Gasteiger partial charge in [-0.05, 0) is 64.0 Å². The van der Waals surface area contributed by atoms with Gasteiger partial charge in [0.25, 0.3) is 5.91 Å². The molecule has 21 heavy (non-hydrogen) atoms. The highest BCUT2D eigenvalue weighted by molar-refractivity contribution is 14.1. The predicted molar refractivity (Wildman–Crippen MR) is 86.1 cm³/mol. The average Bonchev–Trinajstić information content (AvgIpc) is 2.89. The highest BCUT2D eigenvalue weighted by Gasteiger charge is 2.25. The van der Waals surface area contributed by atoms with Crippen molar-refractivity contribution in [3.63, 3.8) is 0 Å². The van der Waals surface area contributed by atoms with Crippen molar-refractivity contribution in [2.24, 2.45) is 0 Å². The summed E-state index contributed by atoms with van der Waals surface area (Å²) in [6, 6.07) is 12.5. The van der Waals surface area contributed by atoms with Gasteiger partial charge in [0.05, 0.1) is 5.56 Å². The molecule has 2 aromatic carbocycles. The van der Waals surface area contributed by atoms with Crippen molar-refractivity contribution in [1.29, 1.82) is 0 Å². The van der Waals surface area contributed by atoms with Crippen LogP contribution in [0.5, 0.6) is 0 Å². The first-order valence-electron chi connectivity index (χ1n) is 6.44. The molecule has 0 atom stereocenters. The normalized spacial score (nSPS) is 13.1. The molecule has 2 aromatic rings. The molecule has 1 aliphatic rings. The first kappa shape index (κ1) is 14.1. The Labute approximate surface area is 135 Å². The van der Waals surface area contributed by atoms with E-state index in [0.717, 1.165) is 14.7 Å². The maximum absolute atomic E-state index is 12.5. The number of rotatable bonds is 2. The quantitative estimate of drug-likeness (QED) is 0.798. The number of aromatic carboxylic acids is 1. The average molecular weight is 393 g/mol. The van der Waals surface area contributed by atoms with Crippen LogP contribution in [0.25, 0.3) is 0 Å². The first-order valence-corrected chi connectivity index (χ1v) is 7.52. The SMILES string of the molecule is O=C(O)c1ccc2c(c1)CN(C(=O)c1cccc(I)c1)C2. The highest BCUT2D eigenvalue weighted by Crippen LogP contribution is 2.25. The van der Waals surface area contributed by atoms with Crippen LogP contribution in [-0.2, 0) is 13.1 Å². The van der Waals surface area contributed by atoms with Crippen molar-refractivity contribution in [1.82, 2.24) is 4.90 Å². The molecule has 1 amide bonds. The van der Waals surface area contributed by atoms with E-state index in [0.29, 0.717) is 18.7 Å². The Balaban J connectivity index is 1.84. The van der Waals surface area contributed by atoms with E-state index in [2.05, 4.69) is 22.6 Å². The van der Waals surface area contributed by atoms with E-state index < -0.39 is 5.97 Å². The van der Waals surface area contributed by atoms with Crippen molar-refractivity contribution in [3.8, 4) is 0 Å². The first-order chi connectivity index (χ1) is 10.0. The molecule has 0 spiro atoms. The Kier molecular flexibility index (Phi) is 3.67. The molecule has 0 saturated heterocycles. The third-order valence-corrected chi connectivity index (χ3v) is 4.21. The zero-order valence-corrected chi connectivity index (χ0v) is 13.2. The number of benzene rings is 2. The molecule has 0 unspecified atom stereocenters. The Morgan fingerprint density at radius 3 is 2.48 bits per heavy atom. The number of carboxylic acids is 1. The van der Waals surface area contributed by atoms with Crippen LogP contribution < -0.4 is 0 Å². The lowest BCUT2D eigenvalue weighted by molar-refractivity contribution is 0.0696. The lowest BCUT2D eigenvalue weighted by atomic mass is 10.1. The summed E-state index contributed by atoms with van der Waals surface area (Å²) in [7, 11) is 0. The van der Waals surface area contributed by atoms with Gasteiger partial charge in [-0.15, -0.1) is 0 Å². The van der Waals surface area contributed by atoms with Gasteiger partial charge < -0.3 is 10.0 Å². The van der Waals surface area contributed by atoms with Gasteiger partial charge in [0.2, 0.25) is 0 Å². The molecule has 0 fully saturated rings. The van der Waals surface area contributed by atoms with Crippen LogP contribution in [0.1, 0.15) is 31.8 Å². The molecule has 4 nitrogen and oxygen atoms in total. The summed E-state index contributed by atoms with van der Waals surface area (Å²) in [5.41, 5.74) is 2.85. The Morgan fingerprint density at radius 1 is 1.00 bits per heavy atom. The van der Waals surface area contributed by atoms with Gasteiger partial charge in [0.1, 0.15) is 0 Å². The fraction of sp³-hybridized carbons (Fsp3) is 0.125. The summed E-state index contributed by atoms with van der Waals surface area (Å²) in [5.74, 6) is -0.971. The van der Waals surface area contributed by atoms with Gasteiger partial charge in [-0.1, -0.05) is 12.1 Å². The van der Waals surface area contributed by atoms with Gasteiger partial charge in [0.15, 0.2) is 0 Å². The molecule has 3 rings (SSSR count). The molecule has 1 N–H and O–H groups in total. The molecule has 5 heteroatoms. The summed E-state index contributed by atoms with van der Waals surface area (Å²) in [5, 5.41) is 9.02. The second-order valence-electron chi connectivity index (χ2n) is 4.96. The number of nitrogens with zero attached hydrogens (tertiary/aromatic N) is 1. The molecule has 1 heterocycles. The number of carbonyl (C=O) groups excluding carboxylic acids is 1. The van der Waals surface area contributed by atoms with E-state index in [1.165, 1.54) is 0 Å². The van der Waals surface area contributed by atoms with Gasteiger partial charge in [-0.3, -0.25) is 4.79 Å². The minimum absolute atomic E-state index is 0.0263. The minimum atomic E-state index is -0.944. The van der Waals surface area contributed by atoms with Crippen LogP contribution in [-0.4, -0.2) is 21.9 Å². The van der Waals surface area contributed by atoms with Crippen molar-refractivity contribution >= 4 is 34.5 Å². The fourth-order valence-corrected chi connectivity index (χ4v) is 3.02. The number of hydrogen-bond acceptors (Lipinski definition) is 2. The fourth-order valence-electron chi connectivity index (χ4n) is 2.48. The van der Waals surface area contributed by atoms with Crippen molar-refractivity contribution in [2.75, 3.05) is 0 Å². The molecule has 0 aliphatic carbocycles. The largest absolute Gasteiger partial charge is 0.478 e. The summed E-state index contributed by atoms with van der Waals surface area (Å²) >= 11 is 2.18. The summed E-state index contributed by atoms with van der Waals surface area (Å²) in [6.45, 7) is 0.986. The van der Waals surface area contributed by atoms with E-state index in [9.17, 15) is 9.59 Å². The lowest BCUT2D eigenvalue weighted by Crippen LogP contribution is -2.25. The number of halogens is 1. The predicted octanol–water partition coefficient (Wildman–Crippen LogP) is 3.15. The smallest absolute Gasteiger partial charge is 0.335 e. The van der Waals surface area contributed by atoms with Gasteiger partial charge in [0, 0.05) is 22.2 Å². The maximum Gasteiger partial charge on any atom is 0.335 e. The van der Waals surface area contributed by atoms with E-state index in [-0.39, 0.29) is 11.5 Å². The maximum atomic E-state index is 12.5. The van der Waals surface area contributed by atoms with Crippen molar-refractivity contribution in [2.45, 2.75) is 13.1 Å². The van der Waals surface area contributed by atoms with E-state index in [1.807, 2.05) is 18.2 Å². The molecule has 0 bridgehead atoms. The number of carbonyl (C=O) groups is 2. The molecular weight excluding hydrogens is 381 g/mol. The summed E-state index contributed by atoms with van der Waals surface area (Å²) < 4.78 is 1.02. The summed E-state index contributed by atoms with van der Waals surface area (Å²) in [4.78, 5) is 25.2. The van der Waals surface area contributed by atoms with E-state index in [1.54, 1.807) is 29.2 Å².